The van der Waals surface area contributed by atoms with Gasteiger partial charge in [-0.3, -0.25) is 0 Å². The Morgan fingerprint density at radius 3 is 2.93 bits per heavy atom. The van der Waals surface area contributed by atoms with Crippen molar-refractivity contribution in [3.05, 3.63) is 28.2 Å². The van der Waals surface area contributed by atoms with Crippen LogP contribution in [0.15, 0.2) is 22.7 Å². The molecule has 0 unspecified atom stereocenters. The van der Waals surface area contributed by atoms with Gasteiger partial charge in [0.1, 0.15) is 11.8 Å². The van der Waals surface area contributed by atoms with Gasteiger partial charge >= 0.3 is 0 Å². The summed E-state index contributed by atoms with van der Waals surface area (Å²) >= 11 is 3.28. The van der Waals surface area contributed by atoms with E-state index < -0.39 is 0 Å². The predicted molar refractivity (Wildman–Crippen MR) is 57.8 cm³/mol. The zero-order valence-electron chi connectivity index (χ0n) is 7.46. The van der Waals surface area contributed by atoms with Crippen molar-refractivity contribution in [1.29, 1.82) is 5.26 Å². The fraction of sp³-hybridized carbons (Fsp3) is 0.182. The molecule has 1 aromatic carbocycles. The Labute approximate surface area is 91.6 Å². The van der Waals surface area contributed by atoms with Gasteiger partial charge in [0.05, 0.1) is 12.2 Å². The van der Waals surface area contributed by atoms with Crippen LogP contribution in [0.25, 0.3) is 0 Å². The monoisotopic (exact) mass is 249 g/mol. The van der Waals surface area contributed by atoms with Gasteiger partial charge in [-0.15, -0.1) is 12.3 Å². The van der Waals surface area contributed by atoms with E-state index in [2.05, 4.69) is 27.9 Å². The third kappa shape index (κ3) is 2.80. The van der Waals surface area contributed by atoms with Gasteiger partial charge in [-0.05, 0) is 18.2 Å². The lowest BCUT2D eigenvalue weighted by Gasteiger charge is -2.05. The summed E-state index contributed by atoms with van der Waals surface area (Å²) in [4.78, 5) is 0. The fourth-order valence-corrected chi connectivity index (χ4v) is 1.30. The Kier molecular flexibility index (Phi) is 4.04. The normalized spacial score (nSPS) is 8.79. The van der Waals surface area contributed by atoms with Gasteiger partial charge in [-0.2, -0.15) is 5.26 Å². The quantitative estimate of drug-likeness (QED) is 0.610. The SMILES string of the molecule is C#CCCOc1ccc(Br)cc1C#N. The molecular weight excluding hydrogens is 242 g/mol. The van der Waals surface area contributed by atoms with Crippen LogP contribution >= 0.6 is 15.9 Å². The number of nitriles is 1. The molecule has 14 heavy (non-hydrogen) atoms. The molecule has 0 N–H and O–H groups in total. The predicted octanol–water partition coefficient (Wildman–Crippen LogP) is 2.72. The van der Waals surface area contributed by atoms with Crippen LogP contribution in [0.2, 0.25) is 0 Å². The van der Waals surface area contributed by atoms with Crippen LogP contribution in [0.1, 0.15) is 12.0 Å². The highest BCUT2D eigenvalue weighted by molar-refractivity contribution is 9.10. The Bertz CT molecular complexity index is 401. The second kappa shape index (κ2) is 5.32. The number of halogens is 1. The molecule has 3 heteroatoms. The average molecular weight is 250 g/mol. The van der Waals surface area contributed by atoms with Gasteiger partial charge in [0.2, 0.25) is 0 Å². The number of terminal acetylenes is 1. The smallest absolute Gasteiger partial charge is 0.137 e. The van der Waals surface area contributed by atoms with Gasteiger partial charge in [0.15, 0.2) is 0 Å². The van der Waals surface area contributed by atoms with Crippen molar-refractivity contribution in [1.82, 2.24) is 0 Å². The molecule has 1 aromatic rings. The third-order valence-corrected chi connectivity index (χ3v) is 2.06. The molecule has 0 fully saturated rings. The molecule has 0 amide bonds. The summed E-state index contributed by atoms with van der Waals surface area (Å²) in [5.41, 5.74) is 0.511. The van der Waals surface area contributed by atoms with Crippen LogP contribution in [0.4, 0.5) is 0 Å². The molecule has 70 valence electrons. The van der Waals surface area contributed by atoms with Crippen LogP contribution in [-0.2, 0) is 0 Å². The van der Waals surface area contributed by atoms with E-state index in [0.717, 1.165) is 4.47 Å². The van der Waals surface area contributed by atoms with E-state index in [-0.39, 0.29) is 0 Å². The Morgan fingerprint density at radius 1 is 1.50 bits per heavy atom. The van der Waals surface area contributed by atoms with Gasteiger partial charge in [-0.1, -0.05) is 15.9 Å². The highest BCUT2D eigenvalue weighted by Gasteiger charge is 2.02. The van der Waals surface area contributed by atoms with Crippen LogP contribution in [0, 0.1) is 23.7 Å². The molecule has 0 heterocycles. The van der Waals surface area contributed by atoms with E-state index in [1.54, 1.807) is 12.1 Å². The number of rotatable bonds is 3. The van der Waals surface area contributed by atoms with Crippen molar-refractivity contribution in [2.24, 2.45) is 0 Å². The molecule has 0 spiro atoms. The molecule has 0 aromatic heterocycles. The van der Waals surface area contributed by atoms with Crippen molar-refractivity contribution >= 4 is 15.9 Å². The van der Waals surface area contributed by atoms with Crippen LogP contribution in [0.5, 0.6) is 5.75 Å². The number of hydrogen-bond acceptors (Lipinski definition) is 2. The molecule has 0 saturated carbocycles. The third-order valence-electron chi connectivity index (χ3n) is 1.57. The minimum Gasteiger partial charge on any atom is -0.491 e. The molecule has 0 aliphatic heterocycles. The van der Waals surface area contributed by atoms with Crippen molar-refractivity contribution in [2.75, 3.05) is 6.61 Å². The highest BCUT2D eigenvalue weighted by Crippen LogP contribution is 2.22. The number of benzene rings is 1. The molecule has 2 nitrogen and oxygen atoms in total. The van der Waals surface area contributed by atoms with E-state index >= 15 is 0 Å². The maximum Gasteiger partial charge on any atom is 0.137 e. The lowest BCUT2D eigenvalue weighted by atomic mass is 10.2. The van der Waals surface area contributed by atoms with Crippen molar-refractivity contribution in [3.63, 3.8) is 0 Å². The maximum atomic E-state index is 8.81. The first-order chi connectivity index (χ1) is 6.77. The Morgan fingerprint density at radius 2 is 2.29 bits per heavy atom. The zero-order valence-corrected chi connectivity index (χ0v) is 9.04. The average Bonchev–Trinajstić information content (AvgIpc) is 2.20. The highest BCUT2D eigenvalue weighted by atomic mass is 79.9. The van der Waals surface area contributed by atoms with Crippen LogP contribution < -0.4 is 4.74 Å². The van der Waals surface area contributed by atoms with Crippen LogP contribution in [-0.4, -0.2) is 6.61 Å². The van der Waals surface area contributed by atoms with Crippen molar-refractivity contribution < 1.29 is 4.74 Å². The van der Waals surface area contributed by atoms with E-state index in [1.807, 2.05) is 6.07 Å². The van der Waals surface area contributed by atoms with E-state index in [9.17, 15) is 0 Å². The topological polar surface area (TPSA) is 33.0 Å². The Balaban J connectivity index is 2.78. The summed E-state index contributed by atoms with van der Waals surface area (Å²) in [6.45, 7) is 0.437. The van der Waals surface area contributed by atoms with Crippen LogP contribution in [0.3, 0.4) is 0 Å². The summed E-state index contributed by atoms with van der Waals surface area (Å²) in [5, 5.41) is 8.81. The Hall–Kier alpha value is -1.45. The second-order valence-corrected chi connectivity index (χ2v) is 3.47. The first-order valence-corrected chi connectivity index (χ1v) is 4.83. The van der Waals surface area contributed by atoms with E-state index in [4.69, 9.17) is 16.4 Å². The van der Waals surface area contributed by atoms with Gasteiger partial charge in [0.25, 0.3) is 0 Å². The second-order valence-electron chi connectivity index (χ2n) is 2.55. The molecule has 0 radical (unpaired) electrons. The maximum absolute atomic E-state index is 8.81. The van der Waals surface area contributed by atoms with Gasteiger partial charge in [0, 0.05) is 10.9 Å². The summed E-state index contributed by atoms with van der Waals surface area (Å²) in [5.74, 6) is 3.04. The zero-order chi connectivity index (χ0) is 10.4. The molecule has 0 bridgehead atoms. The fourth-order valence-electron chi connectivity index (χ4n) is 0.935. The minimum absolute atomic E-state index is 0.437. The summed E-state index contributed by atoms with van der Waals surface area (Å²) in [6.07, 6.45) is 5.63. The molecule has 0 saturated heterocycles. The number of ether oxygens (including phenoxy) is 1. The molecular formula is C11H8BrNO. The molecule has 0 aliphatic rings. The van der Waals surface area contributed by atoms with Gasteiger partial charge < -0.3 is 4.74 Å². The molecule has 0 aliphatic carbocycles. The van der Waals surface area contributed by atoms with E-state index in [0.29, 0.717) is 24.3 Å². The standard InChI is InChI=1S/C11H8BrNO/c1-2-3-6-14-11-5-4-10(12)7-9(11)8-13/h1,4-5,7H,3,6H2. The minimum atomic E-state index is 0.437. The first kappa shape index (κ1) is 10.6. The largest absolute Gasteiger partial charge is 0.491 e. The van der Waals surface area contributed by atoms with Crippen molar-refractivity contribution in [2.45, 2.75) is 6.42 Å². The summed E-state index contributed by atoms with van der Waals surface area (Å²) in [6, 6.07) is 7.34. The number of nitrogens with zero attached hydrogens (tertiary/aromatic N) is 1. The van der Waals surface area contributed by atoms with Gasteiger partial charge in [-0.25, -0.2) is 0 Å². The lowest BCUT2D eigenvalue weighted by molar-refractivity contribution is 0.326. The first-order valence-electron chi connectivity index (χ1n) is 4.04. The lowest BCUT2D eigenvalue weighted by Crippen LogP contribution is -1.97. The van der Waals surface area contributed by atoms with Crippen molar-refractivity contribution in [3.8, 4) is 24.2 Å². The number of hydrogen-bond donors (Lipinski definition) is 0. The summed E-state index contributed by atoms with van der Waals surface area (Å²) in [7, 11) is 0. The molecule has 0 atom stereocenters. The molecule has 1 rings (SSSR count). The van der Waals surface area contributed by atoms with E-state index in [1.165, 1.54) is 0 Å². The summed E-state index contributed by atoms with van der Waals surface area (Å²) < 4.78 is 6.20.